The van der Waals surface area contributed by atoms with Crippen molar-refractivity contribution in [3.05, 3.63) is 29.8 Å². The average Bonchev–Trinajstić information content (AvgIpc) is 2.41. The molecule has 21 heavy (non-hydrogen) atoms. The molecule has 2 N–H and O–H groups in total. The van der Waals surface area contributed by atoms with E-state index in [1.807, 2.05) is 0 Å². The standard InChI is InChI=1S/C15H20F2N2O2/c1-2-21-15(20)6-10-5-12(18)9-19(8-10)14-7-11(16)3-4-13(14)17/h3-4,7,10,12H,2,5-6,8-9,18H2,1H3. The molecular weight excluding hydrogens is 278 g/mol. The monoisotopic (exact) mass is 298 g/mol. The highest BCUT2D eigenvalue weighted by atomic mass is 19.1. The van der Waals surface area contributed by atoms with Crippen molar-refractivity contribution >= 4 is 11.7 Å². The van der Waals surface area contributed by atoms with Crippen LogP contribution in [0.2, 0.25) is 0 Å². The minimum Gasteiger partial charge on any atom is -0.466 e. The molecule has 0 spiro atoms. The lowest BCUT2D eigenvalue weighted by Gasteiger charge is -2.37. The first-order chi connectivity index (χ1) is 9.99. The maximum absolute atomic E-state index is 13.9. The van der Waals surface area contributed by atoms with Gasteiger partial charge in [-0.3, -0.25) is 4.79 Å². The fourth-order valence-electron chi connectivity index (χ4n) is 2.77. The Morgan fingerprint density at radius 2 is 2.19 bits per heavy atom. The number of rotatable bonds is 4. The van der Waals surface area contributed by atoms with Crippen molar-refractivity contribution in [3.8, 4) is 0 Å². The molecule has 2 atom stereocenters. The minimum absolute atomic E-state index is 0.0181. The SMILES string of the molecule is CCOC(=O)CC1CC(N)CN(c2cc(F)ccc2F)C1. The summed E-state index contributed by atoms with van der Waals surface area (Å²) in [4.78, 5) is 13.3. The molecule has 1 aromatic rings. The van der Waals surface area contributed by atoms with Gasteiger partial charge in [0.15, 0.2) is 0 Å². The van der Waals surface area contributed by atoms with E-state index in [-0.39, 0.29) is 30.0 Å². The molecule has 0 saturated carbocycles. The van der Waals surface area contributed by atoms with Crippen LogP contribution in [0.5, 0.6) is 0 Å². The largest absolute Gasteiger partial charge is 0.466 e. The summed E-state index contributed by atoms with van der Waals surface area (Å²) in [6.07, 6.45) is 0.918. The molecule has 0 aromatic heterocycles. The number of anilines is 1. The lowest BCUT2D eigenvalue weighted by atomic mass is 9.91. The number of nitrogens with two attached hydrogens (primary N) is 1. The molecule has 2 unspecified atom stereocenters. The third-order valence-electron chi connectivity index (χ3n) is 3.58. The first-order valence-corrected chi connectivity index (χ1v) is 7.10. The van der Waals surface area contributed by atoms with Crippen LogP contribution < -0.4 is 10.6 Å². The summed E-state index contributed by atoms with van der Waals surface area (Å²) in [6.45, 7) is 2.99. The van der Waals surface area contributed by atoms with Gasteiger partial charge in [-0.15, -0.1) is 0 Å². The highest BCUT2D eigenvalue weighted by Gasteiger charge is 2.28. The Balaban J connectivity index is 2.10. The molecule has 1 aliphatic rings. The predicted molar refractivity (Wildman–Crippen MR) is 75.9 cm³/mol. The van der Waals surface area contributed by atoms with Crippen LogP contribution >= 0.6 is 0 Å². The number of hydrogen-bond acceptors (Lipinski definition) is 4. The number of carbonyl (C=O) groups is 1. The number of hydrogen-bond donors (Lipinski definition) is 1. The van der Waals surface area contributed by atoms with E-state index >= 15 is 0 Å². The van der Waals surface area contributed by atoms with E-state index in [9.17, 15) is 13.6 Å². The van der Waals surface area contributed by atoms with Crippen molar-refractivity contribution in [3.63, 3.8) is 0 Å². The molecule has 1 heterocycles. The van der Waals surface area contributed by atoms with E-state index in [2.05, 4.69) is 0 Å². The fraction of sp³-hybridized carbons (Fsp3) is 0.533. The number of nitrogens with zero attached hydrogens (tertiary/aromatic N) is 1. The van der Waals surface area contributed by atoms with Gasteiger partial charge in [-0.05, 0) is 31.4 Å². The van der Waals surface area contributed by atoms with Crippen LogP contribution in [-0.4, -0.2) is 31.7 Å². The Bertz CT molecular complexity index is 510. The third-order valence-corrected chi connectivity index (χ3v) is 3.58. The van der Waals surface area contributed by atoms with Gasteiger partial charge in [0.1, 0.15) is 11.6 Å². The van der Waals surface area contributed by atoms with E-state index in [0.717, 1.165) is 18.2 Å². The summed E-state index contributed by atoms with van der Waals surface area (Å²) < 4.78 is 32.1. The maximum atomic E-state index is 13.9. The van der Waals surface area contributed by atoms with Gasteiger partial charge in [-0.2, -0.15) is 0 Å². The number of benzene rings is 1. The number of carbonyl (C=O) groups excluding carboxylic acids is 1. The zero-order valence-corrected chi connectivity index (χ0v) is 12.0. The molecule has 4 nitrogen and oxygen atoms in total. The third kappa shape index (κ3) is 4.14. The van der Waals surface area contributed by atoms with E-state index in [1.54, 1.807) is 11.8 Å². The smallest absolute Gasteiger partial charge is 0.306 e. The lowest BCUT2D eigenvalue weighted by Crippen LogP contribution is -2.48. The average molecular weight is 298 g/mol. The summed E-state index contributed by atoms with van der Waals surface area (Å²) in [5, 5.41) is 0. The molecule has 1 fully saturated rings. The summed E-state index contributed by atoms with van der Waals surface area (Å²) in [7, 11) is 0. The van der Waals surface area contributed by atoms with Crippen molar-refractivity contribution < 1.29 is 18.3 Å². The van der Waals surface area contributed by atoms with Crippen LogP contribution in [0.3, 0.4) is 0 Å². The fourth-order valence-corrected chi connectivity index (χ4v) is 2.77. The van der Waals surface area contributed by atoms with Gasteiger partial charge in [0.05, 0.1) is 18.7 Å². The van der Waals surface area contributed by atoms with Gasteiger partial charge in [-0.25, -0.2) is 8.78 Å². The first kappa shape index (κ1) is 15.7. The second-order valence-corrected chi connectivity index (χ2v) is 5.37. The van der Waals surface area contributed by atoms with Crippen LogP contribution in [0.1, 0.15) is 19.8 Å². The topological polar surface area (TPSA) is 55.6 Å². The van der Waals surface area contributed by atoms with Crippen LogP contribution in [0.15, 0.2) is 18.2 Å². The molecule has 0 radical (unpaired) electrons. The Morgan fingerprint density at radius 3 is 2.90 bits per heavy atom. The molecule has 116 valence electrons. The molecule has 0 aliphatic carbocycles. The van der Waals surface area contributed by atoms with Crippen LogP contribution in [0.4, 0.5) is 14.5 Å². The van der Waals surface area contributed by atoms with E-state index < -0.39 is 11.6 Å². The summed E-state index contributed by atoms with van der Waals surface area (Å²) in [5.74, 6) is -1.28. The second kappa shape index (κ2) is 6.85. The van der Waals surface area contributed by atoms with Crippen LogP contribution in [0, 0.1) is 17.6 Å². The number of halogens is 2. The first-order valence-electron chi connectivity index (χ1n) is 7.10. The number of esters is 1. The van der Waals surface area contributed by atoms with Gasteiger partial charge >= 0.3 is 5.97 Å². The summed E-state index contributed by atoms with van der Waals surface area (Å²) in [6, 6.07) is 3.17. The molecule has 1 saturated heterocycles. The predicted octanol–water partition coefficient (Wildman–Crippen LogP) is 2.07. The maximum Gasteiger partial charge on any atom is 0.306 e. The van der Waals surface area contributed by atoms with Gasteiger partial charge in [0.25, 0.3) is 0 Å². The Labute approximate surface area is 122 Å². The van der Waals surface area contributed by atoms with Gasteiger partial charge in [-0.1, -0.05) is 0 Å². The molecule has 2 rings (SSSR count). The van der Waals surface area contributed by atoms with E-state index in [0.29, 0.717) is 26.1 Å². The highest BCUT2D eigenvalue weighted by molar-refractivity contribution is 5.69. The molecule has 0 amide bonds. The molecule has 0 bridgehead atoms. The van der Waals surface area contributed by atoms with Crippen LogP contribution in [0.25, 0.3) is 0 Å². The zero-order valence-electron chi connectivity index (χ0n) is 12.0. The van der Waals surface area contributed by atoms with Gasteiger partial charge < -0.3 is 15.4 Å². The molecule has 6 heteroatoms. The number of ether oxygens (including phenoxy) is 1. The van der Waals surface area contributed by atoms with Crippen molar-refractivity contribution in [2.75, 3.05) is 24.6 Å². The van der Waals surface area contributed by atoms with E-state index in [1.165, 1.54) is 0 Å². The minimum atomic E-state index is -0.493. The van der Waals surface area contributed by atoms with Gasteiger partial charge in [0, 0.05) is 25.2 Å². The second-order valence-electron chi connectivity index (χ2n) is 5.37. The van der Waals surface area contributed by atoms with Crippen molar-refractivity contribution in [2.45, 2.75) is 25.8 Å². The quantitative estimate of drug-likeness (QED) is 0.865. The Hall–Kier alpha value is -1.69. The van der Waals surface area contributed by atoms with Crippen molar-refractivity contribution in [1.29, 1.82) is 0 Å². The molecule has 1 aromatic carbocycles. The van der Waals surface area contributed by atoms with Crippen LogP contribution in [-0.2, 0) is 9.53 Å². The van der Waals surface area contributed by atoms with Crippen molar-refractivity contribution in [2.24, 2.45) is 11.7 Å². The molecule has 1 aliphatic heterocycles. The zero-order chi connectivity index (χ0) is 15.4. The lowest BCUT2D eigenvalue weighted by molar-refractivity contribution is -0.144. The van der Waals surface area contributed by atoms with Gasteiger partial charge in [0.2, 0.25) is 0 Å². The molecular formula is C15H20F2N2O2. The highest BCUT2D eigenvalue weighted by Crippen LogP contribution is 2.27. The Morgan fingerprint density at radius 1 is 1.43 bits per heavy atom. The summed E-state index contributed by atoms with van der Waals surface area (Å²) >= 11 is 0. The summed E-state index contributed by atoms with van der Waals surface area (Å²) in [5.41, 5.74) is 6.17. The van der Waals surface area contributed by atoms with E-state index in [4.69, 9.17) is 10.5 Å². The number of piperidine rings is 1. The Kier molecular flexibility index (Phi) is 5.12. The van der Waals surface area contributed by atoms with Crippen molar-refractivity contribution in [1.82, 2.24) is 0 Å². The normalized spacial score (nSPS) is 22.2.